The molecular weight excluding hydrogens is 546 g/mol. The summed E-state index contributed by atoms with van der Waals surface area (Å²) in [7, 11) is 1.92. The van der Waals surface area contributed by atoms with E-state index >= 15 is 0 Å². The van der Waals surface area contributed by atoms with Crippen molar-refractivity contribution in [2.75, 3.05) is 0 Å². The Labute approximate surface area is 252 Å². The summed E-state index contributed by atoms with van der Waals surface area (Å²) in [6.07, 6.45) is 13.3. The fourth-order valence-electron chi connectivity index (χ4n) is 5.97. The Morgan fingerprint density at radius 3 is 2.45 bits per heavy atom. The maximum absolute atomic E-state index is 13.6. The third kappa shape index (κ3) is 8.12. The highest BCUT2D eigenvalue weighted by atomic mass is 32.1. The first-order valence-electron chi connectivity index (χ1n) is 15.2. The smallest absolute Gasteiger partial charge is 0.290 e. The zero-order chi connectivity index (χ0) is 29.6. The van der Waals surface area contributed by atoms with Gasteiger partial charge < -0.3 is 5.11 Å². The van der Waals surface area contributed by atoms with Crippen LogP contribution in [0.2, 0.25) is 0 Å². The first-order chi connectivity index (χ1) is 20.3. The summed E-state index contributed by atoms with van der Waals surface area (Å²) < 4.78 is 1.80. The molecule has 3 aromatic rings. The highest BCUT2D eigenvalue weighted by Crippen LogP contribution is 2.41. The fraction of sp³-hybridized carbons (Fsp3) is 0.500. The third-order valence-corrected chi connectivity index (χ3v) is 9.88. The van der Waals surface area contributed by atoms with Gasteiger partial charge in [0.1, 0.15) is 5.78 Å². The number of carbonyl (C=O) groups excluding carboxylic acids is 2. The average Bonchev–Trinajstić information content (AvgIpc) is 3.89. The van der Waals surface area contributed by atoms with E-state index in [1.165, 1.54) is 34.4 Å². The van der Waals surface area contributed by atoms with E-state index in [4.69, 9.17) is 14.9 Å². The predicted molar refractivity (Wildman–Crippen MR) is 166 cm³/mol. The summed E-state index contributed by atoms with van der Waals surface area (Å²) in [5, 5.41) is 11.4. The molecule has 2 saturated carbocycles. The second-order valence-electron chi connectivity index (χ2n) is 12.2. The lowest BCUT2D eigenvalue weighted by atomic mass is 9.81. The number of nitrogens with zero attached hydrogens (tertiary/aromatic N) is 3. The molecule has 2 heterocycles. The molecule has 2 aromatic heterocycles. The van der Waals surface area contributed by atoms with E-state index in [1.54, 1.807) is 16.0 Å². The lowest BCUT2D eigenvalue weighted by Gasteiger charge is -2.24. The minimum absolute atomic E-state index is 0.235. The number of carboxylic acid groups (broad SMARTS) is 1. The highest BCUT2D eigenvalue weighted by molar-refractivity contribution is 7.12. The van der Waals surface area contributed by atoms with E-state index in [0.717, 1.165) is 79.3 Å². The number of ketones is 2. The van der Waals surface area contributed by atoms with Crippen LogP contribution in [0.4, 0.5) is 5.82 Å². The summed E-state index contributed by atoms with van der Waals surface area (Å²) >= 11 is 1.76. The van der Waals surface area contributed by atoms with Crippen molar-refractivity contribution in [2.24, 2.45) is 29.8 Å². The van der Waals surface area contributed by atoms with Gasteiger partial charge in [-0.15, -0.1) is 11.3 Å². The molecule has 0 saturated heterocycles. The Morgan fingerprint density at radius 2 is 1.81 bits per heavy atom. The summed E-state index contributed by atoms with van der Waals surface area (Å²) in [6.45, 7) is 1.86. The molecule has 1 aromatic carbocycles. The molecule has 6 rings (SSSR count). The third-order valence-electron chi connectivity index (χ3n) is 8.58. The van der Waals surface area contributed by atoms with E-state index in [2.05, 4.69) is 36.3 Å². The van der Waals surface area contributed by atoms with Crippen LogP contribution in [0.25, 0.3) is 0 Å². The number of hydrogen-bond donors (Lipinski definition) is 1. The molecule has 7 nitrogen and oxygen atoms in total. The average molecular weight is 588 g/mol. The SMILES string of the molecule is Cc1ccc(CC(CC2CCc3sc(CC(=O)C4CC4)c(C(=O)CCC4CC4)c3C2)=Nc2ccn(C)n2)cc1.O=CO. The zero-order valence-electron chi connectivity index (χ0n) is 24.7. The number of benzene rings is 1. The van der Waals surface area contributed by atoms with E-state index in [-0.39, 0.29) is 18.2 Å². The maximum Gasteiger partial charge on any atom is 0.290 e. The van der Waals surface area contributed by atoms with E-state index < -0.39 is 0 Å². The zero-order valence-corrected chi connectivity index (χ0v) is 25.5. The van der Waals surface area contributed by atoms with Crippen LogP contribution in [0.3, 0.4) is 0 Å². The molecule has 0 bridgehead atoms. The first-order valence-corrected chi connectivity index (χ1v) is 16.0. The van der Waals surface area contributed by atoms with Gasteiger partial charge in [0.2, 0.25) is 0 Å². The van der Waals surface area contributed by atoms with Crippen molar-refractivity contribution in [1.29, 1.82) is 0 Å². The normalized spacial score (nSPS) is 18.1. The van der Waals surface area contributed by atoms with Crippen molar-refractivity contribution >= 4 is 40.9 Å². The van der Waals surface area contributed by atoms with Gasteiger partial charge in [0.15, 0.2) is 11.6 Å². The van der Waals surface area contributed by atoms with E-state index in [0.29, 0.717) is 24.5 Å². The van der Waals surface area contributed by atoms with E-state index in [9.17, 15) is 9.59 Å². The Balaban J connectivity index is 0.00000113. The number of rotatable bonds is 12. The van der Waals surface area contributed by atoms with Crippen LogP contribution in [0.15, 0.2) is 41.5 Å². The van der Waals surface area contributed by atoms with Gasteiger partial charge in [0.05, 0.1) is 0 Å². The van der Waals surface area contributed by atoms with Crippen LogP contribution in [0, 0.1) is 24.7 Å². The minimum atomic E-state index is -0.250. The van der Waals surface area contributed by atoms with Crippen molar-refractivity contribution in [3.8, 4) is 0 Å². The highest BCUT2D eigenvalue weighted by Gasteiger charge is 2.34. The van der Waals surface area contributed by atoms with Gasteiger partial charge in [0, 0.05) is 65.5 Å². The molecular formula is C34H41N3O4S. The quantitative estimate of drug-likeness (QED) is 0.141. The molecule has 3 aliphatic rings. The van der Waals surface area contributed by atoms with Gasteiger partial charge in [-0.1, -0.05) is 42.7 Å². The Morgan fingerprint density at radius 1 is 1.07 bits per heavy atom. The van der Waals surface area contributed by atoms with E-state index in [1.807, 2.05) is 19.3 Å². The molecule has 0 radical (unpaired) electrons. The Kier molecular flexibility index (Phi) is 9.83. The maximum atomic E-state index is 13.6. The summed E-state index contributed by atoms with van der Waals surface area (Å²) in [5.74, 6) is 2.77. The Hall–Kier alpha value is -3.39. The van der Waals surface area contributed by atoms with Gasteiger partial charge in [0.25, 0.3) is 6.47 Å². The van der Waals surface area contributed by atoms with Crippen LogP contribution < -0.4 is 0 Å². The van der Waals surface area contributed by atoms with Crippen LogP contribution >= 0.6 is 11.3 Å². The molecule has 1 N–H and O–H groups in total. The number of thiophene rings is 1. The Bertz CT molecular complexity index is 1440. The van der Waals surface area contributed by atoms with Crippen molar-refractivity contribution in [3.05, 3.63) is 68.5 Å². The van der Waals surface area contributed by atoms with Crippen molar-refractivity contribution in [2.45, 2.75) is 84.0 Å². The lowest BCUT2D eigenvalue weighted by Crippen LogP contribution is -2.20. The summed E-state index contributed by atoms with van der Waals surface area (Å²) in [4.78, 5) is 42.2. The van der Waals surface area contributed by atoms with Crippen LogP contribution in [0.1, 0.15) is 88.2 Å². The topological polar surface area (TPSA) is 102 Å². The van der Waals surface area contributed by atoms with Gasteiger partial charge in [-0.3, -0.25) is 19.1 Å². The number of aryl methyl sites for hydroxylation is 3. The number of Topliss-reactive ketones (excluding diaryl/α,β-unsaturated/α-hetero) is 2. The number of aliphatic imine (C=N–C) groups is 1. The number of hydrogen-bond acceptors (Lipinski definition) is 6. The molecule has 1 unspecified atom stereocenters. The standard InChI is InChI=1S/C33H39N3O2S.CH2O2/c1-21-3-5-23(6-4-21)17-26(34-32-15-16-36(2)35-32)18-24-10-14-30-27(19-24)33(28(37)13-9-22-7-8-22)31(39-30)20-29(38)25-11-12-25;2-1-3/h3-6,15-16,22,24-25H,7-14,17-20H2,1-2H3;1H,(H,2,3). The van der Waals surface area contributed by atoms with Crippen molar-refractivity contribution < 1.29 is 19.5 Å². The molecule has 2 fully saturated rings. The second kappa shape index (κ2) is 13.7. The summed E-state index contributed by atoms with van der Waals surface area (Å²) in [5.41, 5.74) is 5.85. The van der Waals surface area contributed by atoms with Gasteiger partial charge in [-0.25, -0.2) is 4.99 Å². The molecule has 0 aliphatic heterocycles. The van der Waals surface area contributed by atoms with Gasteiger partial charge in [-0.2, -0.15) is 5.10 Å². The fourth-order valence-corrected chi connectivity index (χ4v) is 7.35. The molecule has 8 heteroatoms. The van der Waals surface area contributed by atoms with Crippen molar-refractivity contribution in [3.63, 3.8) is 0 Å². The van der Waals surface area contributed by atoms with Crippen LogP contribution in [-0.4, -0.2) is 38.6 Å². The molecule has 0 amide bonds. The van der Waals surface area contributed by atoms with Gasteiger partial charge in [-0.05, 0) is 74.8 Å². The molecule has 3 aliphatic carbocycles. The van der Waals surface area contributed by atoms with Crippen LogP contribution in [0.5, 0.6) is 0 Å². The second-order valence-corrected chi connectivity index (χ2v) is 13.4. The first kappa shape index (κ1) is 30.1. The van der Waals surface area contributed by atoms with Gasteiger partial charge >= 0.3 is 0 Å². The largest absolute Gasteiger partial charge is 0.483 e. The molecule has 0 spiro atoms. The molecule has 1 atom stereocenters. The van der Waals surface area contributed by atoms with Crippen LogP contribution in [-0.2, 0) is 42.3 Å². The number of aromatic nitrogens is 2. The monoisotopic (exact) mass is 587 g/mol. The number of fused-ring (bicyclic) bond motifs is 1. The summed E-state index contributed by atoms with van der Waals surface area (Å²) in [6, 6.07) is 10.7. The molecule has 42 heavy (non-hydrogen) atoms. The predicted octanol–water partition coefficient (Wildman–Crippen LogP) is 6.90. The number of carbonyl (C=O) groups is 3. The van der Waals surface area contributed by atoms with Crippen molar-refractivity contribution in [1.82, 2.24) is 9.78 Å². The lowest BCUT2D eigenvalue weighted by molar-refractivity contribution is -0.123. The molecule has 222 valence electrons. The minimum Gasteiger partial charge on any atom is -0.483 e.